The van der Waals surface area contributed by atoms with Gasteiger partial charge in [0.05, 0.1) is 0 Å². The van der Waals surface area contributed by atoms with Crippen molar-refractivity contribution in [2.75, 3.05) is 23.7 Å². The fourth-order valence-corrected chi connectivity index (χ4v) is 1.80. The largest absolute Gasteiger partial charge is 0.368 e. The number of hydrogen-bond acceptors (Lipinski definition) is 4. The van der Waals surface area contributed by atoms with E-state index in [1.165, 1.54) is 19.3 Å². The van der Waals surface area contributed by atoms with Gasteiger partial charge in [-0.15, -0.1) is 5.10 Å². The van der Waals surface area contributed by atoms with E-state index in [1.54, 1.807) is 4.68 Å². The van der Waals surface area contributed by atoms with Crippen LogP contribution < -0.4 is 10.6 Å². The highest BCUT2D eigenvalue weighted by molar-refractivity contribution is 5.35. The number of piperidine rings is 1. The third kappa shape index (κ3) is 1.66. The molecule has 1 saturated heterocycles. The molecule has 0 spiro atoms. The Labute approximate surface area is 83.9 Å². The second-order valence-electron chi connectivity index (χ2n) is 3.63. The van der Waals surface area contributed by atoms with Gasteiger partial charge in [-0.3, -0.25) is 0 Å². The van der Waals surface area contributed by atoms with Crippen molar-refractivity contribution in [1.29, 1.82) is 0 Å². The van der Waals surface area contributed by atoms with Crippen LogP contribution in [0.2, 0.25) is 0 Å². The smallest absolute Gasteiger partial charge is 0.246 e. The number of anilines is 2. The standard InChI is InChI=1S/C9H17N5/c1-2-14-8(10)11-9(12-14)13-6-4-3-5-7-13/h2-7H2,1H3,(H2,10,11,12). The lowest BCUT2D eigenvalue weighted by molar-refractivity contribution is 0.563. The minimum atomic E-state index is 0.521. The molecule has 0 saturated carbocycles. The third-order valence-corrected chi connectivity index (χ3v) is 2.63. The summed E-state index contributed by atoms with van der Waals surface area (Å²) in [6.45, 7) is 4.93. The first kappa shape index (κ1) is 9.30. The van der Waals surface area contributed by atoms with E-state index in [-0.39, 0.29) is 0 Å². The van der Waals surface area contributed by atoms with E-state index in [1.807, 2.05) is 6.92 Å². The van der Waals surface area contributed by atoms with E-state index < -0.39 is 0 Å². The molecule has 1 fully saturated rings. The van der Waals surface area contributed by atoms with Gasteiger partial charge in [-0.25, -0.2) is 4.68 Å². The Bertz CT molecular complexity index is 300. The zero-order valence-corrected chi connectivity index (χ0v) is 8.61. The number of nitrogens with zero attached hydrogens (tertiary/aromatic N) is 4. The summed E-state index contributed by atoms with van der Waals surface area (Å²) in [5, 5.41) is 4.36. The summed E-state index contributed by atoms with van der Waals surface area (Å²) in [5.41, 5.74) is 5.72. The number of rotatable bonds is 2. The Morgan fingerprint density at radius 3 is 2.57 bits per heavy atom. The van der Waals surface area contributed by atoms with E-state index in [0.29, 0.717) is 5.95 Å². The summed E-state index contributed by atoms with van der Waals surface area (Å²) in [6, 6.07) is 0. The third-order valence-electron chi connectivity index (χ3n) is 2.63. The zero-order valence-electron chi connectivity index (χ0n) is 8.61. The number of nitrogens with two attached hydrogens (primary N) is 1. The average molecular weight is 195 g/mol. The highest BCUT2D eigenvalue weighted by atomic mass is 15.4. The van der Waals surface area contributed by atoms with E-state index >= 15 is 0 Å². The van der Waals surface area contributed by atoms with Crippen molar-refractivity contribution in [1.82, 2.24) is 14.8 Å². The fraction of sp³-hybridized carbons (Fsp3) is 0.778. The summed E-state index contributed by atoms with van der Waals surface area (Å²) in [6.07, 6.45) is 3.79. The van der Waals surface area contributed by atoms with E-state index in [0.717, 1.165) is 25.6 Å². The Kier molecular flexibility index (Phi) is 2.56. The number of nitrogen functional groups attached to an aromatic ring is 1. The van der Waals surface area contributed by atoms with Crippen molar-refractivity contribution in [3.63, 3.8) is 0 Å². The SMILES string of the molecule is CCn1nc(N2CCCCC2)nc1N. The van der Waals surface area contributed by atoms with Gasteiger partial charge in [-0.1, -0.05) is 0 Å². The van der Waals surface area contributed by atoms with E-state index in [4.69, 9.17) is 5.73 Å². The van der Waals surface area contributed by atoms with Crippen LogP contribution >= 0.6 is 0 Å². The minimum absolute atomic E-state index is 0.521. The molecule has 0 amide bonds. The number of aromatic nitrogens is 3. The van der Waals surface area contributed by atoms with E-state index in [9.17, 15) is 0 Å². The van der Waals surface area contributed by atoms with Crippen molar-refractivity contribution in [2.45, 2.75) is 32.7 Å². The molecule has 78 valence electrons. The van der Waals surface area contributed by atoms with E-state index in [2.05, 4.69) is 15.0 Å². The maximum atomic E-state index is 5.72. The van der Waals surface area contributed by atoms with Crippen LogP contribution in [0.1, 0.15) is 26.2 Å². The number of aryl methyl sites for hydroxylation is 1. The molecule has 14 heavy (non-hydrogen) atoms. The predicted octanol–water partition coefficient (Wildman–Crippen LogP) is 0.870. The van der Waals surface area contributed by atoms with Crippen LogP contribution in [0.4, 0.5) is 11.9 Å². The summed E-state index contributed by atoms with van der Waals surface area (Å²) >= 11 is 0. The van der Waals surface area contributed by atoms with Crippen molar-refractivity contribution < 1.29 is 0 Å². The molecule has 5 nitrogen and oxygen atoms in total. The maximum Gasteiger partial charge on any atom is 0.246 e. The minimum Gasteiger partial charge on any atom is -0.368 e. The van der Waals surface area contributed by atoms with Gasteiger partial charge in [-0.2, -0.15) is 4.98 Å². The van der Waals surface area contributed by atoms with Gasteiger partial charge in [0.15, 0.2) is 0 Å². The van der Waals surface area contributed by atoms with Gasteiger partial charge in [0.1, 0.15) is 0 Å². The van der Waals surface area contributed by atoms with Crippen molar-refractivity contribution in [2.24, 2.45) is 0 Å². The lowest BCUT2D eigenvalue weighted by Gasteiger charge is -2.24. The molecular weight excluding hydrogens is 178 g/mol. The zero-order chi connectivity index (χ0) is 9.97. The molecule has 1 aromatic heterocycles. The monoisotopic (exact) mass is 195 g/mol. The van der Waals surface area contributed by atoms with Gasteiger partial charge >= 0.3 is 0 Å². The summed E-state index contributed by atoms with van der Waals surface area (Å²) < 4.78 is 1.74. The Morgan fingerprint density at radius 1 is 1.29 bits per heavy atom. The molecule has 0 atom stereocenters. The maximum absolute atomic E-state index is 5.72. The first-order valence-electron chi connectivity index (χ1n) is 5.26. The summed E-state index contributed by atoms with van der Waals surface area (Å²) in [7, 11) is 0. The van der Waals surface area contributed by atoms with Gasteiger partial charge in [0.2, 0.25) is 11.9 Å². The van der Waals surface area contributed by atoms with Crippen LogP contribution in [-0.2, 0) is 6.54 Å². The van der Waals surface area contributed by atoms with Crippen molar-refractivity contribution in [3.05, 3.63) is 0 Å². The quantitative estimate of drug-likeness (QED) is 0.760. The Balaban J connectivity index is 2.14. The van der Waals surface area contributed by atoms with Gasteiger partial charge in [-0.05, 0) is 26.2 Å². The molecule has 5 heteroatoms. The molecule has 2 rings (SSSR count). The van der Waals surface area contributed by atoms with Crippen molar-refractivity contribution in [3.8, 4) is 0 Å². The molecular formula is C9H17N5. The van der Waals surface area contributed by atoms with Crippen LogP contribution in [0, 0.1) is 0 Å². The van der Waals surface area contributed by atoms with Crippen molar-refractivity contribution >= 4 is 11.9 Å². The highest BCUT2D eigenvalue weighted by Crippen LogP contribution is 2.16. The van der Waals surface area contributed by atoms with Crippen LogP contribution in [0.3, 0.4) is 0 Å². The normalized spacial score (nSPS) is 17.4. The van der Waals surface area contributed by atoms with Gasteiger partial charge < -0.3 is 10.6 Å². The first-order chi connectivity index (χ1) is 6.81. The lowest BCUT2D eigenvalue weighted by Crippen LogP contribution is -2.30. The Hall–Kier alpha value is -1.26. The molecule has 0 unspecified atom stereocenters. The summed E-state index contributed by atoms with van der Waals surface area (Å²) in [4.78, 5) is 6.48. The molecule has 1 aliphatic heterocycles. The molecule has 1 aliphatic rings. The molecule has 1 aromatic rings. The summed E-state index contributed by atoms with van der Waals surface area (Å²) in [5.74, 6) is 1.32. The van der Waals surface area contributed by atoms with Crippen LogP contribution in [0.25, 0.3) is 0 Å². The number of hydrogen-bond donors (Lipinski definition) is 1. The van der Waals surface area contributed by atoms with Crippen LogP contribution in [0.15, 0.2) is 0 Å². The first-order valence-corrected chi connectivity index (χ1v) is 5.26. The molecule has 2 heterocycles. The lowest BCUT2D eigenvalue weighted by atomic mass is 10.1. The predicted molar refractivity (Wildman–Crippen MR) is 56.2 cm³/mol. The molecule has 0 aromatic carbocycles. The van der Waals surface area contributed by atoms with Gasteiger partial charge in [0.25, 0.3) is 0 Å². The second kappa shape index (κ2) is 3.86. The second-order valence-corrected chi connectivity index (χ2v) is 3.63. The topological polar surface area (TPSA) is 60.0 Å². The van der Waals surface area contributed by atoms with Crippen LogP contribution in [0.5, 0.6) is 0 Å². The average Bonchev–Trinajstić information content (AvgIpc) is 2.61. The fourth-order valence-electron chi connectivity index (χ4n) is 1.80. The highest BCUT2D eigenvalue weighted by Gasteiger charge is 2.16. The van der Waals surface area contributed by atoms with Crippen LogP contribution in [-0.4, -0.2) is 27.9 Å². The Morgan fingerprint density at radius 2 is 2.00 bits per heavy atom. The molecule has 0 bridgehead atoms. The molecule has 2 N–H and O–H groups in total. The van der Waals surface area contributed by atoms with Gasteiger partial charge in [0, 0.05) is 19.6 Å². The molecule has 0 radical (unpaired) electrons. The molecule has 0 aliphatic carbocycles.